The van der Waals surface area contributed by atoms with Gasteiger partial charge >= 0.3 is 12.0 Å². The van der Waals surface area contributed by atoms with Gasteiger partial charge in [-0.2, -0.15) is 5.10 Å². The largest absolute Gasteiger partial charge is 0.468 e. The van der Waals surface area contributed by atoms with Crippen LogP contribution in [-0.4, -0.2) is 70.1 Å². The summed E-state index contributed by atoms with van der Waals surface area (Å²) in [4.78, 5) is 41.9. The molecule has 0 spiro atoms. The second-order valence-electron chi connectivity index (χ2n) is 9.75. The minimum atomic E-state index is -1.11. The second kappa shape index (κ2) is 9.73. The highest BCUT2D eigenvalue weighted by Crippen LogP contribution is 2.34. The number of anilines is 1. The number of methoxy groups -OCH3 is 1. The number of ether oxygens (including phenoxy) is 1. The number of fused-ring (bicyclic) bond motifs is 2. The monoisotopic (exact) mass is 489 g/mol. The maximum atomic E-state index is 13.3. The first kappa shape index (κ1) is 24.0. The van der Waals surface area contributed by atoms with Crippen molar-refractivity contribution >= 4 is 34.9 Å². The predicted molar refractivity (Wildman–Crippen MR) is 136 cm³/mol. The van der Waals surface area contributed by atoms with Crippen molar-refractivity contribution in [2.24, 2.45) is 0 Å². The normalized spacial score (nSPS) is 18.4. The van der Waals surface area contributed by atoms with E-state index in [9.17, 15) is 14.4 Å². The fourth-order valence-electron chi connectivity index (χ4n) is 5.80. The lowest BCUT2D eigenvalue weighted by Gasteiger charge is -2.47. The minimum Gasteiger partial charge on any atom is -0.468 e. The lowest BCUT2D eigenvalue weighted by molar-refractivity contribution is -0.158. The number of aryl methyl sites for hydroxylation is 1. The number of likely N-dealkylation sites (tertiary alicyclic amines) is 1. The summed E-state index contributed by atoms with van der Waals surface area (Å²) in [7, 11) is 1.37. The van der Waals surface area contributed by atoms with Gasteiger partial charge in [0.1, 0.15) is 11.8 Å². The van der Waals surface area contributed by atoms with Gasteiger partial charge in [-0.25, -0.2) is 4.79 Å². The lowest BCUT2D eigenvalue weighted by Crippen LogP contribution is -2.61. The molecule has 36 heavy (non-hydrogen) atoms. The number of piperidine rings is 1. The third kappa shape index (κ3) is 4.24. The standard InChI is InChI=1S/C27H31N5O4/c1-18-13-19(14-21-16-28-30-24(18)21)15-27(9-12-33,25(34)36-2)31-10-7-22(8-11-31)32-17-20-5-3-4-6-23(20)29-26(32)35/h3-6,12-14,16,22H,7-11,15,17H2,1-2H3,(H,28,30)(H,29,35). The molecule has 2 aromatic carbocycles. The van der Waals surface area contributed by atoms with Crippen LogP contribution in [0.15, 0.2) is 42.6 Å². The number of aromatic nitrogens is 2. The number of aldehydes is 1. The number of carbonyl (C=O) groups is 3. The summed E-state index contributed by atoms with van der Waals surface area (Å²) < 4.78 is 5.26. The molecule has 0 saturated carbocycles. The summed E-state index contributed by atoms with van der Waals surface area (Å²) in [6.07, 6.45) is 4.35. The zero-order valence-electron chi connectivity index (χ0n) is 20.6. The number of H-pyrrole nitrogens is 1. The van der Waals surface area contributed by atoms with Gasteiger partial charge in [0.2, 0.25) is 0 Å². The van der Waals surface area contributed by atoms with E-state index in [2.05, 4.69) is 20.4 Å². The van der Waals surface area contributed by atoms with E-state index in [1.54, 1.807) is 6.20 Å². The summed E-state index contributed by atoms with van der Waals surface area (Å²) in [5.74, 6) is -0.414. The van der Waals surface area contributed by atoms with Gasteiger partial charge in [-0.15, -0.1) is 0 Å². The van der Waals surface area contributed by atoms with Gasteiger partial charge in [-0.05, 0) is 48.6 Å². The molecule has 1 aromatic heterocycles. The molecule has 188 valence electrons. The van der Waals surface area contributed by atoms with Crippen molar-refractivity contribution in [3.63, 3.8) is 0 Å². The molecule has 1 fully saturated rings. The van der Waals surface area contributed by atoms with Crippen molar-refractivity contribution in [3.8, 4) is 0 Å². The molecule has 9 heteroatoms. The molecule has 3 heterocycles. The molecule has 2 amide bonds. The first-order valence-corrected chi connectivity index (χ1v) is 12.3. The Bertz CT molecular complexity index is 1300. The van der Waals surface area contributed by atoms with Gasteiger partial charge in [0, 0.05) is 49.6 Å². The van der Waals surface area contributed by atoms with E-state index < -0.39 is 11.5 Å². The Morgan fingerprint density at radius 3 is 2.78 bits per heavy atom. The number of carbonyl (C=O) groups excluding carboxylic acids is 3. The maximum absolute atomic E-state index is 13.3. The smallest absolute Gasteiger partial charge is 0.327 e. The van der Waals surface area contributed by atoms with Crippen LogP contribution in [0.1, 0.15) is 36.0 Å². The number of amides is 2. The molecule has 3 aromatic rings. The Hall–Kier alpha value is -3.72. The predicted octanol–water partition coefficient (Wildman–Crippen LogP) is 3.43. The van der Waals surface area contributed by atoms with Crippen molar-refractivity contribution < 1.29 is 19.1 Å². The number of urea groups is 1. The number of nitrogens with zero attached hydrogens (tertiary/aromatic N) is 3. The average molecular weight is 490 g/mol. The van der Waals surface area contributed by atoms with Crippen molar-refractivity contribution in [1.29, 1.82) is 0 Å². The highest BCUT2D eigenvalue weighted by molar-refractivity contribution is 5.92. The third-order valence-electron chi connectivity index (χ3n) is 7.66. The summed E-state index contributed by atoms with van der Waals surface area (Å²) in [6, 6.07) is 11.8. The first-order valence-electron chi connectivity index (χ1n) is 12.3. The van der Waals surface area contributed by atoms with Crippen molar-refractivity contribution in [3.05, 3.63) is 59.3 Å². The van der Waals surface area contributed by atoms with Crippen LogP contribution in [0.5, 0.6) is 0 Å². The maximum Gasteiger partial charge on any atom is 0.327 e. The number of benzene rings is 2. The molecule has 0 radical (unpaired) electrons. The van der Waals surface area contributed by atoms with Crippen molar-refractivity contribution in [2.45, 2.75) is 50.7 Å². The van der Waals surface area contributed by atoms with E-state index in [1.807, 2.05) is 48.2 Å². The minimum absolute atomic E-state index is 0.0321. The second-order valence-corrected chi connectivity index (χ2v) is 9.75. The number of hydrogen-bond donors (Lipinski definition) is 2. The Balaban J connectivity index is 1.38. The summed E-state index contributed by atoms with van der Waals surface area (Å²) in [6.45, 7) is 3.71. The molecule has 2 N–H and O–H groups in total. The lowest BCUT2D eigenvalue weighted by atomic mass is 9.83. The molecule has 2 aliphatic heterocycles. The Kier molecular flexibility index (Phi) is 6.49. The van der Waals surface area contributed by atoms with Gasteiger partial charge in [-0.1, -0.05) is 24.3 Å². The number of aromatic amines is 1. The van der Waals surface area contributed by atoms with Gasteiger partial charge in [-0.3, -0.25) is 14.8 Å². The van der Waals surface area contributed by atoms with E-state index in [0.29, 0.717) is 38.9 Å². The molecule has 5 rings (SSSR count). The molecule has 9 nitrogen and oxygen atoms in total. The Morgan fingerprint density at radius 2 is 2.03 bits per heavy atom. The van der Waals surface area contributed by atoms with Gasteiger partial charge < -0.3 is 19.7 Å². The van der Waals surface area contributed by atoms with E-state index in [4.69, 9.17) is 4.74 Å². The van der Waals surface area contributed by atoms with Gasteiger partial charge in [0.05, 0.1) is 18.8 Å². The average Bonchev–Trinajstić information content (AvgIpc) is 3.37. The van der Waals surface area contributed by atoms with E-state index >= 15 is 0 Å². The molecule has 0 aliphatic carbocycles. The number of hydrogen-bond acceptors (Lipinski definition) is 6. The summed E-state index contributed by atoms with van der Waals surface area (Å²) in [5, 5.41) is 11.1. The molecular weight excluding hydrogens is 458 g/mol. The van der Waals surface area contributed by atoms with Crippen molar-refractivity contribution in [2.75, 3.05) is 25.5 Å². The highest BCUT2D eigenvalue weighted by atomic mass is 16.5. The fraction of sp³-hybridized carbons (Fsp3) is 0.407. The first-order chi connectivity index (χ1) is 17.4. The van der Waals surface area contributed by atoms with Crippen LogP contribution >= 0.6 is 0 Å². The molecule has 1 saturated heterocycles. The van der Waals surface area contributed by atoms with E-state index in [0.717, 1.165) is 39.6 Å². The van der Waals surface area contributed by atoms with Crippen LogP contribution in [0, 0.1) is 6.92 Å². The zero-order chi connectivity index (χ0) is 25.3. The zero-order valence-corrected chi connectivity index (χ0v) is 20.6. The Labute approximate surface area is 209 Å². The number of para-hydroxylation sites is 1. The van der Waals surface area contributed by atoms with Crippen LogP contribution in [0.4, 0.5) is 10.5 Å². The quantitative estimate of drug-likeness (QED) is 0.389. The number of esters is 1. The van der Waals surface area contributed by atoms with Crippen LogP contribution in [-0.2, 0) is 27.3 Å². The molecule has 0 bridgehead atoms. The Morgan fingerprint density at radius 1 is 1.25 bits per heavy atom. The number of rotatable bonds is 7. The summed E-state index contributed by atoms with van der Waals surface area (Å²) >= 11 is 0. The van der Waals surface area contributed by atoms with Gasteiger partial charge in [0.15, 0.2) is 0 Å². The third-order valence-corrected chi connectivity index (χ3v) is 7.66. The van der Waals surface area contributed by atoms with Crippen LogP contribution in [0.25, 0.3) is 10.9 Å². The van der Waals surface area contributed by atoms with E-state index in [-0.39, 0.29) is 18.5 Å². The number of nitrogens with one attached hydrogen (secondary N) is 2. The van der Waals surface area contributed by atoms with Crippen LogP contribution in [0.3, 0.4) is 0 Å². The molecular formula is C27H31N5O4. The van der Waals surface area contributed by atoms with Crippen molar-refractivity contribution in [1.82, 2.24) is 20.0 Å². The van der Waals surface area contributed by atoms with Gasteiger partial charge in [0.25, 0.3) is 0 Å². The molecule has 1 atom stereocenters. The fourth-order valence-corrected chi connectivity index (χ4v) is 5.80. The molecule has 1 unspecified atom stereocenters. The molecule has 2 aliphatic rings. The van der Waals surface area contributed by atoms with Crippen LogP contribution < -0.4 is 5.32 Å². The van der Waals surface area contributed by atoms with Crippen LogP contribution in [0.2, 0.25) is 0 Å². The van der Waals surface area contributed by atoms with E-state index in [1.165, 1.54) is 7.11 Å². The topological polar surface area (TPSA) is 108 Å². The highest BCUT2D eigenvalue weighted by Gasteiger charge is 2.47. The summed E-state index contributed by atoms with van der Waals surface area (Å²) in [5.41, 5.74) is 3.77. The SMILES string of the molecule is COC(=O)C(CC=O)(Cc1cc(C)c2[nH]ncc2c1)N1CCC(N2Cc3ccccc3NC2=O)CC1.